The number of benzene rings is 2. The Labute approximate surface area is 122 Å². The van der Waals surface area contributed by atoms with Gasteiger partial charge >= 0.3 is 0 Å². The standard InChI is InChI=1S/C19H25N/c1-14(2)18-10-8-17(9-11-18)13-19(20)12-16-6-4-15(3)5-7-16/h4-11,14,19H,12-13,20H2,1-3H3. The van der Waals surface area contributed by atoms with Gasteiger partial charge in [0.1, 0.15) is 0 Å². The van der Waals surface area contributed by atoms with Crippen molar-refractivity contribution in [1.82, 2.24) is 0 Å². The molecule has 0 bridgehead atoms. The number of hydrogen-bond donors (Lipinski definition) is 1. The van der Waals surface area contributed by atoms with Crippen molar-refractivity contribution in [3.05, 3.63) is 70.8 Å². The van der Waals surface area contributed by atoms with Gasteiger partial charge in [0.05, 0.1) is 0 Å². The molecule has 0 aliphatic rings. The van der Waals surface area contributed by atoms with Crippen LogP contribution in [0.15, 0.2) is 48.5 Å². The van der Waals surface area contributed by atoms with E-state index in [0.717, 1.165) is 12.8 Å². The van der Waals surface area contributed by atoms with Gasteiger partial charge in [-0.1, -0.05) is 67.9 Å². The van der Waals surface area contributed by atoms with Gasteiger partial charge in [0, 0.05) is 6.04 Å². The molecule has 20 heavy (non-hydrogen) atoms. The zero-order chi connectivity index (χ0) is 14.5. The largest absolute Gasteiger partial charge is 0.327 e. The van der Waals surface area contributed by atoms with Crippen LogP contribution >= 0.6 is 0 Å². The van der Waals surface area contributed by atoms with Crippen LogP contribution in [0.4, 0.5) is 0 Å². The summed E-state index contributed by atoms with van der Waals surface area (Å²) in [6.45, 7) is 6.55. The molecule has 0 saturated carbocycles. The molecule has 2 aromatic carbocycles. The highest BCUT2D eigenvalue weighted by molar-refractivity contribution is 5.26. The molecular weight excluding hydrogens is 242 g/mol. The molecule has 0 amide bonds. The molecule has 0 aliphatic heterocycles. The number of hydrogen-bond acceptors (Lipinski definition) is 1. The molecule has 2 aromatic rings. The Morgan fingerprint density at radius 3 is 1.70 bits per heavy atom. The van der Waals surface area contributed by atoms with Gasteiger partial charge in [0.2, 0.25) is 0 Å². The van der Waals surface area contributed by atoms with Gasteiger partial charge in [-0.25, -0.2) is 0 Å². The lowest BCUT2D eigenvalue weighted by molar-refractivity contribution is 0.664. The monoisotopic (exact) mass is 267 g/mol. The van der Waals surface area contributed by atoms with E-state index in [2.05, 4.69) is 69.3 Å². The summed E-state index contributed by atoms with van der Waals surface area (Å²) < 4.78 is 0. The molecule has 0 aromatic heterocycles. The number of nitrogens with two attached hydrogens (primary N) is 1. The van der Waals surface area contributed by atoms with E-state index in [1.165, 1.54) is 22.3 Å². The normalized spacial score (nSPS) is 12.7. The average molecular weight is 267 g/mol. The predicted molar refractivity (Wildman–Crippen MR) is 87.1 cm³/mol. The molecule has 0 saturated heterocycles. The third-order valence-electron chi connectivity index (χ3n) is 3.76. The fourth-order valence-corrected chi connectivity index (χ4v) is 2.44. The van der Waals surface area contributed by atoms with Crippen molar-refractivity contribution in [2.75, 3.05) is 0 Å². The Morgan fingerprint density at radius 1 is 0.800 bits per heavy atom. The minimum Gasteiger partial charge on any atom is -0.327 e. The summed E-state index contributed by atoms with van der Waals surface area (Å²) in [5, 5.41) is 0. The van der Waals surface area contributed by atoms with Crippen molar-refractivity contribution in [2.24, 2.45) is 5.73 Å². The van der Waals surface area contributed by atoms with E-state index in [1.807, 2.05) is 0 Å². The molecule has 2 N–H and O–H groups in total. The van der Waals surface area contributed by atoms with Gasteiger partial charge in [-0.2, -0.15) is 0 Å². The molecule has 0 radical (unpaired) electrons. The van der Waals surface area contributed by atoms with Crippen LogP contribution in [-0.4, -0.2) is 6.04 Å². The second-order valence-corrected chi connectivity index (χ2v) is 6.05. The van der Waals surface area contributed by atoms with E-state index in [9.17, 15) is 0 Å². The van der Waals surface area contributed by atoms with Gasteiger partial charge in [0.25, 0.3) is 0 Å². The Balaban J connectivity index is 1.93. The molecule has 1 heteroatoms. The molecule has 0 fully saturated rings. The second-order valence-electron chi connectivity index (χ2n) is 6.05. The summed E-state index contributed by atoms with van der Waals surface area (Å²) in [5.74, 6) is 0.588. The van der Waals surface area contributed by atoms with Crippen molar-refractivity contribution < 1.29 is 0 Å². The second kappa shape index (κ2) is 6.71. The Bertz CT molecular complexity index is 523. The Hall–Kier alpha value is -1.60. The first kappa shape index (κ1) is 14.8. The predicted octanol–water partition coefficient (Wildman–Crippen LogP) is 4.23. The topological polar surface area (TPSA) is 26.0 Å². The molecule has 0 heterocycles. The van der Waals surface area contributed by atoms with E-state index in [-0.39, 0.29) is 6.04 Å². The van der Waals surface area contributed by atoms with Crippen molar-refractivity contribution in [3.63, 3.8) is 0 Å². The highest BCUT2D eigenvalue weighted by Gasteiger charge is 2.06. The quantitative estimate of drug-likeness (QED) is 0.862. The fraction of sp³-hybridized carbons (Fsp3) is 0.368. The first-order valence-electron chi connectivity index (χ1n) is 7.44. The van der Waals surface area contributed by atoms with Crippen molar-refractivity contribution in [3.8, 4) is 0 Å². The van der Waals surface area contributed by atoms with Gasteiger partial charge in [0.15, 0.2) is 0 Å². The molecule has 1 unspecified atom stereocenters. The van der Waals surface area contributed by atoms with Crippen molar-refractivity contribution in [1.29, 1.82) is 0 Å². The summed E-state index contributed by atoms with van der Waals surface area (Å²) in [6.07, 6.45) is 1.87. The lowest BCUT2D eigenvalue weighted by Crippen LogP contribution is -2.25. The molecule has 106 valence electrons. The molecule has 2 rings (SSSR count). The summed E-state index contributed by atoms with van der Waals surface area (Å²) in [4.78, 5) is 0. The van der Waals surface area contributed by atoms with Crippen LogP contribution in [0, 0.1) is 6.92 Å². The van der Waals surface area contributed by atoms with Gasteiger partial charge < -0.3 is 5.73 Å². The van der Waals surface area contributed by atoms with E-state index < -0.39 is 0 Å². The Kier molecular flexibility index (Phi) is 4.97. The fourth-order valence-electron chi connectivity index (χ4n) is 2.44. The van der Waals surface area contributed by atoms with Crippen molar-refractivity contribution >= 4 is 0 Å². The maximum atomic E-state index is 6.27. The summed E-state index contributed by atoms with van der Waals surface area (Å²) in [5.41, 5.74) is 11.6. The van der Waals surface area contributed by atoms with Crippen LogP contribution in [0.5, 0.6) is 0 Å². The Morgan fingerprint density at radius 2 is 1.25 bits per heavy atom. The van der Waals surface area contributed by atoms with E-state index in [4.69, 9.17) is 5.73 Å². The smallest absolute Gasteiger partial charge is 0.0120 e. The van der Waals surface area contributed by atoms with Crippen LogP contribution in [0.1, 0.15) is 42.0 Å². The summed E-state index contributed by atoms with van der Waals surface area (Å²) in [6, 6.07) is 17.7. The molecule has 1 nitrogen and oxygen atoms in total. The van der Waals surface area contributed by atoms with Crippen LogP contribution in [0.3, 0.4) is 0 Å². The number of aryl methyl sites for hydroxylation is 1. The van der Waals surface area contributed by atoms with Crippen LogP contribution in [-0.2, 0) is 12.8 Å². The molecular formula is C19H25N. The first-order valence-corrected chi connectivity index (χ1v) is 7.44. The molecule has 0 spiro atoms. The van der Waals surface area contributed by atoms with E-state index >= 15 is 0 Å². The van der Waals surface area contributed by atoms with E-state index in [0.29, 0.717) is 5.92 Å². The SMILES string of the molecule is Cc1ccc(CC(N)Cc2ccc(C(C)C)cc2)cc1. The average Bonchev–Trinajstić information content (AvgIpc) is 2.42. The van der Waals surface area contributed by atoms with Gasteiger partial charge in [-0.05, 0) is 42.4 Å². The summed E-state index contributed by atoms with van der Waals surface area (Å²) in [7, 11) is 0. The third-order valence-corrected chi connectivity index (χ3v) is 3.76. The maximum absolute atomic E-state index is 6.27. The zero-order valence-electron chi connectivity index (χ0n) is 12.8. The maximum Gasteiger partial charge on any atom is 0.0120 e. The third kappa shape index (κ3) is 4.21. The zero-order valence-corrected chi connectivity index (χ0v) is 12.8. The summed E-state index contributed by atoms with van der Waals surface area (Å²) >= 11 is 0. The lowest BCUT2D eigenvalue weighted by atomic mass is 9.96. The minimum absolute atomic E-state index is 0.183. The molecule has 1 atom stereocenters. The van der Waals surface area contributed by atoms with Gasteiger partial charge in [-0.3, -0.25) is 0 Å². The van der Waals surface area contributed by atoms with Gasteiger partial charge in [-0.15, -0.1) is 0 Å². The minimum atomic E-state index is 0.183. The molecule has 0 aliphatic carbocycles. The van der Waals surface area contributed by atoms with Crippen molar-refractivity contribution in [2.45, 2.75) is 45.6 Å². The van der Waals surface area contributed by atoms with Crippen LogP contribution < -0.4 is 5.73 Å². The van der Waals surface area contributed by atoms with Crippen LogP contribution in [0.2, 0.25) is 0 Å². The highest BCUT2D eigenvalue weighted by atomic mass is 14.6. The number of rotatable bonds is 5. The van der Waals surface area contributed by atoms with Crippen LogP contribution in [0.25, 0.3) is 0 Å². The highest BCUT2D eigenvalue weighted by Crippen LogP contribution is 2.16. The first-order chi connectivity index (χ1) is 9.54. The van der Waals surface area contributed by atoms with E-state index in [1.54, 1.807) is 0 Å². The lowest BCUT2D eigenvalue weighted by Gasteiger charge is -2.13.